The maximum absolute atomic E-state index is 12.5. The molecule has 0 aliphatic carbocycles. The topological polar surface area (TPSA) is 53.6 Å². The lowest BCUT2D eigenvalue weighted by Gasteiger charge is -2.33. The van der Waals surface area contributed by atoms with Gasteiger partial charge < -0.3 is 15.4 Å². The summed E-state index contributed by atoms with van der Waals surface area (Å²) in [4.78, 5) is 14.9. The molecule has 0 spiro atoms. The lowest BCUT2D eigenvalue weighted by molar-refractivity contribution is -0.0285. The molecule has 0 saturated carbocycles. The third-order valence-electron chi connectivity index (χ3n) is 5.22. The van der Waals surface area contributed by atoms with Crippen molar-refractivity contribution < 1.29 is 9.53 Å². The molecule has 1 heterocycles. The third-order valence-corrected chi connectivity index (χ3v) is 5.22. The van der Waals surface area contributed by atoms with Gasteiger partial charge in [0.1, 0.15) is 0 Å². The molecule has 1 aliphatic rings. The summed E-state index contributed by atoms with van der Waals surface area (Å²) < 4.78 is 5.86. The van der Waals surface area contributed by atoms with E-state index in [0.717, 1.165) is 36.4 Å². The van der Waals surface area contributed by atoms with Crippen LogP contribution in [0.25, 0.3) is 11.1 Å². The zero-order valence-electron chi connectivity index (χ0n) is 17.0. The monoisotopic (exact) mass is 401 g/mol. The van der Waals surface area contributed by atoms with Gasteiger partial charge in [0.05, 0.1) is 18.4 Å². The van der Waals surface area contributed by atoms with Gasteiger partial charge in [-0.3, -0.25) is 4.90 Å². The van der Waals surface area contributed by atoms with E-state index < -0.39 is 0 Å². The Morgan fingerprint density at radius 3 is 2.43 bits per heavy atom. The molecule has 3 aromatic carbocycles. The second-order valence-electron chi connectivity index (χ2n) is 7.46. The fourth-order valence-corrected chi connectivity index (χ4v) is 3.72. The van der Waals surface area contributed by atoms with E-state index >= 15 is 0 Å². The number of morpholine rings is 1. The number of rotatable bonds is 6. The Hall–Kier alpha value is -3.15. The van der Waals surface area contributed by atoms with E-state index in [1.54, 1.807) is 0 Å². The second-order valence-corrected chi connectivity index (χ2v) is 7.46. The Labute approximate surface area is 177 Å². The Kier molecular flexibility index (Phi) is 6.75. The predicted molar refractivity (Wildman–Crippen MR) is 120 cm³/mol. The highest BCUT2D eigenvalue weighted by molar-refractivity contribution is 5.94. The summed E-state index contributed by atoms with van der Waals surface area (Å²) >= 11 is 0. The van der Waals surface area contributed by atoms with Gasteiger partial charge in [0.15, 0.2) is 0 Å². The quantitative estimate of drug-likeness (QED) is 0.645. The number of ether oxygens (including phenoxy) is 1. The Morgan fingerprint density at radius 2 is 1.63 bits per heavy atom. The number of para-hydroxylation sites is 1. The van der Waals surface area contributed by atoms with Crippen molar-refractivity contribution in [2.45, 2.75) is 12.6 Å². The number of urea groups is 1. The lowest BCUT2D eigenvalue weighted by Crippen LogP contribution is -2.47. The first kappa shape index (κ1) is 20.1. The molecule has 2 N–H and O–H groups in total. The van der Waals surface area contributed by atoms with Crippen LogP contribution in [-0.2, 0) is 11.3 Å². The zero-order valence-corrected chi connectivity index (χ0v) is 17.0. The van der Waals surface area contributed by atoms with Crippen LogP contribution >= 0.6 is 0 Å². The summed E-state index contributed by atoms with van der Waals surface area (Å²) in [7, 11) is 0. The van der Waals surface area contributed by atoms with Gasteiger partial charge in [0, 0.05) is 31.7 Å². The minimum absolute atomic E-state index is 0.0161. The van der Waals surface area contributed by atoms with Crippen LogP contribution < -0.4 is 10.6 Å². The molecule has 4 rings (SSSR count). The molecular weight excluding hydrogens is 374 g/mol. The van der Waals surface area contributed by atoms with Crippen molar-refractivity contribution in [1.29, 1.82) is 0 Å². The second kappa shape index (κ2) is 10.1. The SMILES string of the molecule is O=C(NCC1CN(Cc2ccccc2)CCO1)Nc1ccccc1-c1ccccc1. The standard InChI is InChI=1S/C25H27N3O2/c29-25(27-24-14-8-7-13-23(24)21-11-5-2-6-12-21)26-17-22-19-28(15-16-30-22)18-20-9-3-1-4-10-20/h1-14,22H,15-19H2,(H2,26,27,29). The van der Waals surface area contributed by atoms with Crippen LogP contribution in [0.2, 0.25) is 0 Å². The fraction of sp³-hybridized carbons (Fsp3) is 0.240. The van der Waals surface area contributed by atoms with Gasteiger partial charge >= 0.3 is 6.03 Å². The number of carbonyl (C=O) groups is 1. The highest BCUT2D eigenvalue weighted by atomic mass is 16.5. The number of anilines is 1. The molecule has 30 heavy (non-hydrogen) atoms. The largest absolute Gasteiger partial charge is 0.374 e. The van der Waals surface area contributed by atoms with Gasteiger partial charge in [-0.15, -0.1) is 0 Å². The minimum atomic E-state index is -0.220. The van der Waals surface area contributed by atoms with Crippen molar-refractivity contribution in [3.05, 3.63) is 90.5 Å². The number of benzene rings is 3. The van der Waals surface area contributed by atoms with E-state index in [1.165, 1.54) is 5.56 Å². The zero-order chi connectivity index (χ0) is 20.6. The molecule has 5 nitrogen and oxygen atoms in total. The normalized spacial score (nSPS) is 16.7. The Bertz CT molecular complexity index is 947. The van der Waals surface area contributed by atoms with Crippen LogP contribution in [0.4, 0.5) is 10.5 Å². The van der Waals surface area contributed by atoms with Gasteiger partial charge in [-0.2, -0.15) is 0 Å². The van der Waals surface area contributed by atoms with Gasteiger partial charge in [-0.25, -0.2) is 4.79 Å². The van der Waals surface area contributed by atoms with Crippen molar-refractivity contribution in [3.63, 3.8) is 0 Å². The van der Waals surface area contributed by atoms with Crippen LogP contribution in [0.15, 0.2) is 84.9 Å². The van der Waals surface area contributed by atoms with Crippen LogP contribution in [0.5, 0.6) is 0 Å². The van der Waals surface area contributed by atoms with Crippen LogP contribution in [0.3, 0.4) is 0 Å². The smallest absolute Gasteiger partial charge is 0.319 e. The van der Waals surface area contributed by atoms with Crippen molar-refractivity contribution in [2.24, 2.45) is 0 Å². The molecule has 3 aromatic rings. The van der Waals surface area contributed by atoms with Gasteiger partial charge in [0.25, 0.3) is 0 Å². The Morgan fingerprint density at radius 1 is 0.933 bits per heavy atom. The molecule has 2 amide bonds. The van der Waals surface area contributed by atoms with Crippen LogP contribution in [0.1, 0.15) is 5.56 Å². The van der Waals surface area contributed by atoms with Gasteiger partial charge in [-0.05, 0) is 17.2 Å². The fourth-order valence-electron chi connectivity index (χ4n) is 3.72. The highest BCUT2D eigenvalue weighted by Gasteiger charge is 2.21. The van der Waals surface area contributed by atoms with Crippen LogP contribution in [0, 0.1) is 0 Å². The van der Waals surface area contributed by atoms with E-state index in [-0.39, 0.29) is 12.1 Å². The van der Waals surface area contributed by atoms with E-state index in [1.807, 2.05) is 60.7 Å². The number of carbonyl (C=O) groups excluding carboxylic acids is 1. The summed E-state index contributed by atoms with van der Waals surface area (Å²) in [6, 6.07) is 28.1. The highest BCUT2D eigenvalue weighted by Crippen LogP contribution is 2.27. The molecule has 0 radical (unpaired) electrons. The average molecular weight is 402 g/mol. The maximum Gasteiger partial charge on any atom is 0.319 e. The first-order valence-electron chi connectivity index (χ1n) is 10.3. The lowest BCUT2D eigenvalue weighted by atomic mass is 10.0. The van der Waals surface area contributed by atoms with Gasteiger partial charge in [-0.1, -0.05) is 78.9 Å². The number of nitrogens with zero attached hydrogens (tertiary/aromatic N) is 1. The molecule has 154 valence electrons. The molecule has 5 heteroatoms. The van der Waals surface area contributed by atoms with Crippen LogP contribution in [-0.4, -0.2) is 43.3 Å². The van der Waals surface area contributed by atoms with Crippen molar-refractivity contribution in [3.8, 4) is 11.1 Å². The maximum atomic E-state index is 12.5. The minimum Gasteiger partial charge on any atom is -0.374 e. The molecule has 1 aliphatic heterocycles. The van der Waals surface area contributed by atoms with Crippen molar-refractivity contribution >= 4 is 11.7 Å². The van der Waals surface area contributed by atoms with Crippen molar-refractivity contribution in [1.82, 2.24) is 10.2 Å². The third kappa shape index (κ3) is 5.47. The predicted octanol–water partition coefficient (Wildman–Crippen LogP) is 4.38. The molecular formula is C25H27N3O2. The summed E-state index contributed by atoms with van der Waals surface area (Å²) in [6.45, 7) is 3.76. The first-order valence-corrected chi connectivity index (χ1v) is 10.3. The molecule has 1 unspecified atom stereocenters. The first-order chi connectivity index (χ1) is 14.8. The number of nitrogens with one attached hydrogen (secondary N) is 2. The number of hydrogen-bond acceptors (Lipinski definition) is 3. The summed E-state index contributed by atoms with van der Waals surface area (Å²) in [5.74, 6) is 0. The van der Waals surface area contributed by atoms with Crippen molar-refractivity contribution in [2.75, 3.05) is 31.6 Å². The number of hydrogen-bond donors (Lipinski definition) is 2. The Balaban J connectivity index is 1.30. The van der Waals surface area contributed by atoms with E-state index in [4.69, 9.17) is 4.74 Å². The molecule has 1 saturated heterocycles. The van der Waals surface area contributed by atoms with E-state index in [2.05, 4.69) is 39.8 Å². The summed E-state index contributed by atoms with van der Waals surface area (Å²) in [6.07, 6.45) is -0.0161. The van der Waals surface area contributed by atoms with E-state index in [9.17, 15) is 4.79 Å². The average Bonchev–Trinajstić information content (AvgIpc) is 2.80. The molecule has 1 fully saturated rings. The number of amides is 2. The summed E-state index contributed by atoms with van der Waals surface area (Å²) in [5.41, 5.74) is 4.15. The molecule has 1 atom stereocenters. The van der Waals surface area contributed by atoms with E-state index in [0.29, 0.717) is 13.2 Å². The summed E-state index contributed by atoms with van der Waals surface area (Å²) in [5, 5.41) is 5.94. The molecule has 0 aromatic heterocycles. The molecule has 0 bridgehead atoms. The van der Waals surface area contributed by atoms with Gasteiger partial charge in [0.2, 0.25) is 0 Å².